The molecule has 0 heterocycles. The smallest absolute Gasteiger partial charge is 0.234 e. The lowest BCUT2D eigenvalue weighted by Crippen LogP contribution is -2.40. The zero-order valence-electron chi connectivity index (χ0n) is 13.0. The topological polar surface area (TPSA) is 41.1 Å². The van der Waals surface area contributed by atoms with Crippen LogP contribution in [-0.2, 0) is 10.2 Å². The molecule has 2 rings (SSSR count). The van der Waals surface area contributed by atoms with Crippen molar-refractivity contribution >= 4 is 5.91 Å². The van der Waals surface area contributed by atoms with Crippen LogP contribution in [0.4, 0.5) is 0 Å². The Kier molecular flexibility index (Phi) is 4.48. The number of carbonyl (C=O) groups excluding carboxylic acids is 1. The predicted molar refractivity (Wildman–Crippen MR) is 82.7 cm³/mol. The molecule has 0 spiro atoms. The van der Waals surface area contributed by atoms with Gasteiger partial charge in [0.15, 0.2) is 0 Å². The minimum Gasteiger partial charge on any atom is -0.353 e. The minimum atomic E-state index is 0.0716. The van der Waals surface area contributed by atoms with Gasteiger partial charge in [0.2, 0.25) is 5.91 Å². The summed E-state index contributed by atoms with van der Waals surface area (Å²) < 4.78 is 0. The van der Waals surface area contributed by atoms with Gasteiger partial charge in [-0.05, 0) is 43.2 Å². The molecule has 1 aromatic rings. The van der Waals surface area contributed by atoms with Gasteiger partial charge in [0.1, 0.15) is 0 Å². The van der Waals surface area contributed by atoms with Crippen molar-refractivity contribution in [3.8, 4) is 0 Å². The van der Waals surface area contributed by atoms with Gasteiger partial charge in [-0.1, -0.05) is 38.1 Å². The standard InChI is InChI=1S/C17H26N2O/c1-12(2)19-16(20)11-18-15-9-10-17(3,4)14-8-6-5-7-13(14)15/h5-8,12,15,18H,9-11H2,1-4H3,(H,19,20). The molecule has 1 amide bonds. The fourth-order valence-electron chi connectivity index (χ4n) is 3.01. The molecule has 0 radical (unpaired) electrons. The highest BCUT2D eigenvalue weighted by Gasteiger charge is 2.32. The number of nitrogens with one attached hydrogen (secondary N) is 2. The Morgan fingerprint density at radius 2 is 2.05 bits per heavy atom. The van der Waals surface area contributed by atoms with Gasteiger partial charge in [-0.3, -0.25) is 4.79 Å². The molecule has 1 atom stereocenters. The van der Waals surface area contributed by atoms with E-state index in [0.717, 1.165) is 12.8 Å². The number of hydrogen-bond acceptors (Lipinski definition) is 2. The van der Waals surface area contributed by atoms with Crippen LogP contribution < -0.4 is 10.6 Å². The van der Waals surface area contributed by atoms with Crippen LogP contribution in [0.1, 0.15) is 57.7 Å². The van der Waals surface area contributed by atoms with Gasteiger partial charge >= 0.3 is 0 Å². The van der Waals surface area contributed by atoms with E-state index in [1.807, 2.05) is 13.8 Å². The molecule has 20 heavy (non-hydrogen) atoms. The molecule has 0 bridgehead atoms. The van der Waals surface area contributed by atoms with Gasteiger partial charge in [0, 0.05) is 12.1 Å². The second-order valence-electron chi connectivity index (χ2n) is 6.67. The maximum Gasteiger partial charge on any atom is 0.234 e. The van der Waals surface area contributed by atoms with Crippen molar-refractivity contribution in [3.05, 3.63) is 35.4 Å². The molecule has 2 N–H and O–H groups in total. The van der Waals surface area contributed by atoms with E-state index in [1.54, 1.807) is 0 Å². The largest absolute Gasteiger partial charge is 0.353 e. The van der Waals surface area contributed by atoms with Crippen LogP contribution in [0.15, 0.2) is 24.3 Å². The first-order chi connectivity index (χ1) is 9.40. The van der Waals surface area contributed by atoms with Crippen molar-refractivity contribution in [2.24, 2.45) is 0 Å². The quantitative estimate of drug-likeness (QED) is 0.886. The second kappa shape index (κ2) is 5.96. The van der Waals surface area contributed by atoms with Crippen LogP contribution in [-0.4, -0.2) is 18.5 Å². The highest BCUT2D eigenvalue weighted by Crippen LogP contribution is 2.41. The number of hydrogen-bond donors (Lipinski definition) is 2. The van der Waals surface area contributed by atoms with Gasteiger partial charge in [-0.25, -0.2) is 0 Å². The predicted octanol–water partition coefficient (Wildman–Crippen LogP) is 2.91. The zero-order valence-corrected chi connectivity index (χ0v) is 13.0. The van der Waals surface area contributed by atoms with E-state index in [-0.39, 0.29) is 23.4 Å². The lowest BCUT2D eigenvalue weighted by Gasteiger charge is -2.37. The Morgan fingerprint density at radius 3 is 2.75 bits per heavy atom. The van der Waals surface area contributed by atoms with Crippen LogP contribution in [0, 0.1) is 0 Å². The van der Waals surface area contributed by atoms with E-state index in [9.17, 15) is 4.79 Å². The first kappa shape index (κ1) is 15.0. The Bertz CT molecular complexity index is 480. The third kappa shape index (κ3) is 3.40. The summed E-state index contributed by atoms with van der Waals surface area (Å²) in [5.74, 6) is 0.0716. The molecule has 0 saturated carbocycles. The maximum atomic E-state index is 11.8. The Morgan fingerprint density at radius 1 is 1.35 bits per heavy atom. The Labute approximate surface area is 122 Å². The number of benzene rings is 1. The average molecular weight is 274 g/mol. The van der Waals surface area contributed by atoms with E-state index >= 15 is 0 Å². The van der Waals surface area contributed by atoms with Crippen molar-refractivity contribution in [1.29, 1.82) is 0 Å². The first-order valence-electron chi connectivity index (χ1n) is 7.52. The number of rotatable bonds is 4. The molecular formula is C17H26N2O. The highest BCUT2D eigenvalue weighted by molar-refractivity contribution is 5.78. The third-order valence-electron chi connectivity index (χ3n) is 4.08. The third-order valence-corrected chi connectivity index (χ3v) is 4.08. The van der Waals surface area contributed by atoms with Gasteiger partial charge in [-0.2, -0.15) is 0 Å². The molecule has 1 aliphatic rings. The van der Waals surface area contributed by atoms with Crippen molar-refractivity contribution < 1.29 is 4.79 Å². The second-order valence-corrected chi connectivity index (χ2v) is 6.67. The van der Waals surface area contributed by atoms with E-state index in [2.05, 4.69) is 48.7 Å². The van der Waals surface area contributed by atoms with Crippen molar-refractivity contribution in [2.45, 2.75) is 58.0 Å². The molecule has 110 valence electrons. The molecule has 0 fully saturated rings. The Balaban J connectivity index is 2.06. The lowest BCUT2D eigenvalue weighted by molar-refractivity contribution is -0.120. The monoisotopic (exact) mass is 274 g/mol. The van der Waals surface area contributed by atoms with Gasteiger partial charge in [0.25, 0.3) is 0 Å². The van der Waals surface area contributed by atoms with E-state index in [0.29, 0.717) is 6.54 Å². The molecular weight excluding hydrogens is 248 g/mol. The van der Waals surface area contributed by atoms with Crippen LogP contribution in [0.5, 0.6) is 0 Å². The molecule has 0 aromatic heterocycles. The van der Waals surface area contributed by atoms with Gasteiger partial charge in [-0.15, -0.1) is 0 Å². The summed E-state index contributed by atoms with van der Waals surface area (Å²) in [5, 5.41) is 6.33. The van der Waals surface area contributed by atoms with Crippen molar-refractivity contribution in [3.63, 3.8) is 0 Å². The normalized spacial score (nSPS) is 20.6. The van der Waals surface area contributed by atoms with Gasteiger partial charge < -0.3 is 10.6 Å². The molecule has 3 nitrogen and oxygen atoms in total. The number of carbonyl (C=O) groups is 1. The average Bonchev–Trinajstić information content (AvgIpc) is 2.37. The number of amides is 1. The lowest BCUT2D eigenvalue weighted by atomic mass is 9.71. The molecule has 1 aromatic carbocycles. The molecule has 0 aliphatic heterocycles. The fourth-order valence-corrected chi connectivity index (χ4v) is 3.01. The fraction of sp³-hybridized carbons (Fsp3) is 0.588. The van der Waals surface area contributed by atoms with E-state index in [1.165, 1.54) is 11.1 Å². The molecule has 1 aliphatic carbocycles. The Hall–Kier alpha value is -1.35. The summed E-state index contributed by atoms with van der Waals surface area (Å²) in [6, 6.07) is 9.09. The SMILES string of the molecule is CC(C)NC(=O)CNC1CCC(C)(C)c2ccccc21. The van der Waals surface area contributed by atoms with Crippen LogP contribution in [0.25, 0.3) is 0 Å². The highest BCUT2D eigenvalue weighted by atomic mass is 16.1. The van der Waals surface area contributed by atoms with E-state index in [4.69, 9.17) is 0 Å². The maximum absolute atomic E-state index is 11.8. The molecule has 0 saturated heterocycles. The van der Waals surface area contributed by atoms with Crippen LogP contribution >= 0.6 is 0 Å². The first-order valence-corrected chi connectivity index (χ1v) is 7.52. The summed E-state index contributed by atoms with van der Waals surface area (Å²) in [5.41, 5.74) is 2.99. The summed E-state index contributed by atoms with van der Waals surface area (Å²) in [7, 11) is 0. The van der Waals surface area contributed by atoms with Crippen molar-refractivity contribution in [1.82, 2.24) is 10.6 Å². The zero-order chi connectivity index (χ0) is 14.8. The number of fused-ring (bicyclic) bond motifs is 1. The minimum absolute atomic E-state index is 0.0716. The molecule has 1 unspecified atom stereocenters. The summed E-state index contributed by atoms with van der Waals surface area (Å²) >= 11 is 0. The van der Waals surface area contributed by atoms with Crippen LogP contribution in [0.3, 0.4) is 0 Å². The van der Waals surface area contributed by atoms with Crippen LogP contribution in [0.2, 0.25) is 0 Å². The van der Waals surface area contributed by atoms with Gasteiger partial charge in [0.05, 0.1) is 6.54 Å². The van der Waals surface area contributed by atoms with Crippen molar-refractivity contribution in [2.75, 3.05) is 6.54 Å². The molecule has 3 heteroatoms. The summed E-state index contributed by atoms with van der Waals surface area (Å²) in [6.45, 7) is 8.95. The van der Waals surface area contributed by atoms with E-state index < -0.39 is 0 Å². The summed E-state index contributed by atoms with van der Waals surface area (Å²) in [6.07, 6.45) is 2.23. The summed E-state index contributed by atoms with van der Waals surface area (Å²) in [4.78, 5) is 11.8.